The third kappa shape index (κ3) is 3.90. The van der Waals surface area contributed by atoms with E-state index in [1.807, 2.05) is 0 Å². The van der Waals surface area contributed by atoms with Crippen molar-refractivity contribution in [1.82, 2.24) is 9.13 Å². The highest BCUT2D eigenvalue weighted by atomic mass is 35.5. The van der Waals surface area contributed by atoms with Crippen LogP contribution in [0.1, 0.15) is 0 Å². The number of imidazole rings is 1. The van der Waals surface area contributed by atoms with E-state index >= 15 is 0 Å². The van der Waals surface area contributed by atoms with E-state index in [4.69, 9.17) is 11.6 Å². The lowest BCUT2D eigenvalue weighted by Gasteiger charge is -2.22. The number of nitrogens with one attached hydrogen (secondary N) is 1. The Hall–Kier alpha value is -2.78. The van der Waals surface area contributed by atoms with Crippen LogP contribution in [-0.2, 0) is 28.9 Å². The Bertz CT molecular complexity index is 1210. The van der Waals surface area contributed by atoms with Gasteiger partial charge in [0, 0.05) is 24.8 Å². The number of amides is 1. The first-order valence-electron chi connectivity index (χ1n) is 8.26. The van der Waals surface area contributed by atoms with E-state index < -0.39 is 22.5 Å². The van der Waals surface area contributed by atoms with Crippen LogP contribution in [0.4, 0.5) is 11.4 Å². The number of hydrogen-bond donors (Lipinski definition) is 1. The van der Waals surface area contributed by atoms with Gasteiger partial charge in [0.1, 0.15) is 6.54 Å². The number of aryl methyl sites for hydroxylation is 2. The standard InChI is InChI=1S/C18H19ClN4O4S/c1-21-15-9-6-13(10-16(15)22(2)18(21)25)20-17(24)11-23(28(3,26)27)14-7-4-12(19)5-8-14/h4-10H,11H2,1-3H3,(H,20,24). The number of anilines is 2. The molecule has 1 amide bonds. The third-order valence-corrected chi connectivity index (χ3v) is 5.75. The molecule has 1 aromatic heterocycles. The number of carbonyl (C=O) groups excluding carboxylic acids is 1. The Balaban J connectivity index is 1.85. The van der Waals surface area contributed by atoms with E-state index in [1.165, 1.54) is 21.3 Å². The quantitative estimate of drug-likeness (QED) is 0.679. The summed E-state index contributed by atoms with van der Waals surface area (Å²) >= 11 is 5.84. The molecule has 2 aromatic carbocycles. The van der Waals surface area contributed by atoms with E-state index in [0.717, 1.165) is 16.1 Å². The van der Waals surface area contributed by atoms with Gasteiger partial charge < -0.3 is 5.32 Å². The lowest BCUT2D eigenvalue weighted by atomic mass is 10.2. The summed E-state index contributed by atoms with van der Waals surface area (Å²) in [5.74, 6) is -0.513. The largest absolute Gasteiger partial charge is 0.328 e. The van der Waals surface area contributed by atoms with Crippen LogP contribution in [0.5, 0.6) is 0 Å². The molecule has 1 heterocycles. The van der Waals surface area contributed by atoms with Gasteiger partial charge in [0.05, 0.1) is 23.0 Å². The number of hydrogen-bond acceptors (Lipinski definition) is 4. The molecule has 1 N–H and O–H groups in total. The maximum absolute atomic E-state index is 12.5. The lowest BCUT2D eigenvalue weighted by molar-refractivity contribution is -0.114. The first-order chi connectivity index (χ1) is 13.1. The van der Waals surface area contributed by atoms with Crippen LogP contribution in [0.15, 0.2) is 47.3 Å². The van der Waals surface area contributed by atoms with Gasteiger partial charge in [0.15, 0.2) is 0 Å². The van der Waals surface area contributed by atoms with Crippen molar-refractivity contribution in [3.8, 4) is 0 Å². The van der Waals surface area contributed by atoms with Crippen molar-refractivity contribution >= 4 is 49.9 Å². The van der Waals surface area contributed by atoms with Crippen LogP contribution in [0.2, 0.25) is 5.02 Å². The Labute approximate surface area is 167 Å². The summed E-state index contributed by atoms with van der Waals surface area (Å²) in [4.78, 5) is 24.5. The summed E-state index contributed by atoms with van der Waals surface area (Å²) in [5.41, 5.74) is 2.00. The lowest BCUT2D eigenvalue weighted by Crippen LogP contribution is -2.37. The number of sulfonamides is 1. The van der Waals surface area contributed by atoms with Crippen LogP contribution in [0.3, 0.4) is 0 Å². The summed E-state index contributed by atoms with van der Waals surface area (Å²) in [6.45, 7) is -0.397. The van der Waals surface area contributed by atoms with Crippen molar-refractivity contribution in [1.29, 1.82) is 0 Å². The molecule has 0 saturated heterocycles. The zero-order chi connectivity index (χ0) is 20.6. The summed E-state index contributed by atoms with van der Waals surface area (Å²) in [7, 11) is -0.374. The number of halogens is 1. The first-order valence-corrected chi connectivity index (χ1v) is 10.5. The maximum Gasteiger partial charge on any atom is 0.328 e. The zero-order valence-electron chi connectivity index (χ0n) is 15.5. The minimum atomic E-state index is -3.68. The molecular weight excluding hydrogens is 404 g/mol. The van der Waals surface area contributed by atoms with Crippen LogP contribution >= 0.6 is 11.6 Å². The minimum Gasteiger partial charge on any atom is -0.324 e. The zero-order valence-corrected chi connectivity index (χ0v) is 17.1. The molecule has 3 rings (SSSR count). The molecule has 3 aromatic rings. The number of aromatic nitrogens is 2. The number of benzene rings is 2. The number of rotatable bonds is 5. The molecule has 10 heteroatoms. The van der Waals surface area contributed by atoms with Crippen LogP contribution in [-0.4, -0.2) is 36.3 Å². The van der Waals surface area contributed by atoms with Gasteiger partial charge in [-0.15, -0.1) is 0 Å². The Kier molecular flexibility index (Phi) is 5.22. The summed E-state index contributed by atoms with van der Waals surface area (Å²) in [6.07, 6.45) is 1.03. The smallest absolute Gasteiger partial charge is 0.324 e. The molecule has 0 bridgehead atoms. The second-order valence-corrected chi connectivity index (χ2v) is 8.74. The third-order valence-electron chi connectivity index (χ3n) is 4.36. The highest BCUT2D eigenvalue weighted by Gasteiger charge is 2.21. The fourth-order valence-electron chi connectivity index (χ4n) is 2.92. The SMILES string of the molecule is Cn1c(=O)n(C)c2cc(NC(=O)CN(c3ccc(Cl)cc3)S(C)(=O)=O)ccc21. The normalized spacial score (nSPS) is 11.6. The van der Waals surface area contributed by atoms with Gasteiger partial charge in [0.25, 0.3) is 0 Å². The molecule has 0 aliphatic rings. The molecule has 0 fully saturated rings. The number of carbonyl (C=O) groups is 1. The Morgan fingerprint density at radius 3 is 2.29 bits per heavy atom. The minimum absolute atomic E-state index is 0.176. The van der Waals surface area contributed by atoms with Crippen molar-refractivity contribution in [2.24, 2.45) is 14.1 Å². The second kappa shape index (κ2) is 7.33. The van der Waals surface area contributed by atoms with Crippen molar-refractivity contribution in [3.63, 3.8) is 0 Å². The molecule has 0 spiro atoms. The first kappa shape index (κ1) is 20.0. The Morgan fingerprint density at radius 2 is 1.68 bits per heavy atom. The fourth-order valence-corrected chi connectivity index (χ4v) is 3.91. The van der Waals surface area contributed by atoms with E-state index in [1.54, 1.807) is 44.4 Å². The summed E-state index contributed by atoms with van der Waals surface area (Å²) in [5, 5.41) is 3.14. The van der Waals surface area contributed by atoms with Crippen molar-refractivity contribution < 1.29 is 13.2 Å². The van der Waals surface area contributed by atoms with E-state index in [-0.39, 0.29) is 5.69 Å². The fraction of sp³-hybridized carbons (Fsp3) is 0.222. The van der Waals surface area contributed by atoms with Gasteiger partial charge >= 0.3 is 5.69 Å². The molecule has 0 radical (unpaired) electrons. The van der Waals surface area contributed by atoms with Crippen LogP contribution < -0.4 is 15.3 Å². The molecule has 148 valence electrons. The van der Waals surface area contributed by atoms with Crippen LogP contribution in [0.25, 0.3) is 11.0 Å². The van der Waals surface area contributed by atoms with Gasteiger partial charge in [-0.2, -0.15) is 0 Å². The molecule has 28 heavy (non-hydrogen) atoms. The van der Waals surface area contributed by atoms with Crippen LogP contribution in [0, 0.1) is 0 Å². The molecular formula is C18H19ClN4O4S. The van der Waals surface area contributed by atoms with E-state index in [2.05, 4.69) is 5.32 Å². The summed E-state index contributed by atoms with van der Waals surface area (Å²) in [6, 6.07) is 11.2. The predicted molar refractivity (Wildman–Crippen MR) is 110 cm³/mol. The monoisotopic (exact) mass is 422 g/mol. The maximum atomic E-state index is 12.5. The number of nitrogens with zero attached hydrogens (tertiary/aromatic N) is 3. The molecule has 8 nitrogen and oxygen atoms in total. The molecule has 0 aliphatic heterocycles. The Morgan fingerprint density at radius 1 is 1.07 bits per heavy atom. The van der Waals surface area contributed by atoms with Gasteiger partial charge in [-0.25, -0.2) is 13.2 Å². The molecule has 0 atom stereocenters. The van der Waals surface area contributed by atoms with Gasteiger partial charge in [-0.1, -0.05) is 11.6 Å². The number of fused-ring (bicyclic) bond motifs is 1. The second-order valence-electron chi connectivity index (χ2n) is 6.40. The average Bonchev–Trinajstić information content (AvgIpc) is 2.84. The van der Waals surface area contributed by atoms with Crippen molar-refractivity contribution in [2.75, 3.05) is 22.4 Å². The highest BCUT2D eigenvalue weighted by molar-refractivity contribution is 7.92. The molecule has 0 aliphatic carbocycles. The summed E-state index contributed by atoms with van der Waals surface area (Å²) < 4.78 is 28.2. The van der Waals surface area contributed by atoms with Gasteiger partial charge in [-0.3, -0.25) is 18.2 Å². The van der Waals surface area contributed by atoms with E-state index in [0.29, 0.717) is 21.9 Å². The molecule has 0 saturated carbocycles. The highest BCUT2D eigenvalue weighted by Crippen LogP contribution is 2.21. The van der Waals surface area contributed by atoms with Gasteiger partial charge in [0.2, 0.25) is 15.9 Å². The van der Waals surface area contributed by atoms with Crippen molar-refractivity contribution in [2.45, 2.75) is 0 Å². The van der Waals surface area contributed by atoms with E-state index in [9.17, 15) is 18.0 Å². The molecule has 0 unspecified atom stereocenters. The van der Waals surface area contributed by atoms with Gasteiger partial charge in [-0.05, 0) is 42.5 Å². The topological polar surface area (TPSA) is 93.4 Å². The average molecular weight is 423 g/mol. The van der Waals surface area contributed by atoms with Crippen molar-refractivity contribution in [3.05, 3.63) is 58.0 Å². The predicted octanol–water partition coefficient (Wildman–Crippen LogP) is 1.94.